The topological polar surface area (TPSA) is 58.9 Å². The van der Waals surface area contributed by atoms with Crippen molar-refractivity contribution >= 4 is 7.32 Å². The molecule has 0 spiro atoms. The lowest BCUT2D eigenvalue weighted by atomic mass is 10.1. The molecule has 25 heavy (non-hydrogen) atoms. The third-order valence-corrected chi connectivity index (χ3v) is 2.75. The number of alkyl halides is 2. The molecular formula is C13H6BF7O4. The molecule has 2 N–H and O–H groups in total. The molecule has 4 nitrogen and oxygen atoms in total. The van der Waals surface area contributed by atoms with Gasteiger partial charge in [-0.1, -0.05) is 0 Å². The Hall–Kier alpha value is -2.47. The lowest BCUT2D eigenvalue weighted by Gasteiger charge is -2.20. The first-order valence-corrected chi connectivity index (χ1v) is 6.25. The van der Waals surface area contributed by atoms with E-state index in [0.29, 0.717) is 0 Å². The summed E-state index contributed by atoms with van der Waals surface area (Å²) in [7, 11) is -2.47. The van der Waals surface area contributed by atoms with Crippen molar-refractivity contribution in [2.75, 3.05) is 0 Å². The number of ether oxygens (including phenoxy) is 1. The number of rotatable bonds is 5. The van der Waals surface area contributed by atoms with Gasteiger partial charge in [0.15, 0.2) is 17.5 Å². The quantitative estimate of drug-likeness (QED) is 0.483. The van der Waals surface area contributed by atoms with E-state index in [2.05, 4.69) is 9.39 Å². The van der Waals surface area contributed by atoms with Crippen LogP contribution in [0.1, 0.15) is 5.56 Å². The number of hydrogen-bond acceptors (Lipinski definition) is 4. The van der Waals surface area contributed by atoms with E-state index in [1.54, 1.807) is 0 Å². The Morgan fingerprint density at radius 1 is 0.760 bits per heavy atom. The first kappa shape index (κ1) is 18.9. The summed E-state index contributed by atoms with van der Waals surface area (Å²) >= 11 is 0. The molecule has 0 fully saturated rings. The average Bonchev–Trinajstić information content (AvgIpc) is 2.42. The third kappa shape index (κ3) is 4.14. The van der Waals surface area contributed by atoms with Crippen molar-refractivity contribution < 1.29 is 50.2 Å². The molecule has 2 rings (SSSR count). The van der Waals surface area contributed by atoms with E-state index in [1.807, 2.05) is 0 Å². The fourth-order valence-electron chi connectivity index (χ4n) is 1.81. The average molecular weight is 370 g/mol. The van der Waals surface area contributed by atoms with E-state index in [-0.39, 0.29) is 24.3 Å². The molecule has 0 aliphatic heterocycles. The number of benzene rings is 2. The predicted octanol–water partition coefficient (Wildman–Crippen LogP) is 2.86. The first-order chi connectivity index (χ1) is 11.5. The summed E-state index contributed by atoms with van der Waals surface area (Å²) < 4.78 is 102. The van der Waals surface area contributed by atoms with Crippen molar-refractivity contribution in [2.45, 2.75) is 6.11 Å². The summed E-state index contributed by atoms with van der Waals surface area (Å²) in [4.78, 5) is 0. The SMILES string of the molecule is OB(O)Oc1cc(F)c(C(F)(F)Oc2cc(F)c(F)c(F)c2)c(F)c1. The Morgan fingerprint density at radius 3 is 1.64 bits per heavy atom. The summed E-state index contributed by atoms with van der Waals surface area (Å²) in [5, 5.41) is 17.0. The summed E-state index contributed by atoms with van der Waals surface area (Å²) in [5.41, 5.74) is -1.95. The van der Waals surface area contributed by atoms with E-state index in [4.69, 9.17) is 10.0 Å². The highest BCUT2D eigenvalue weighted by Crippen LogP contribution is 2.37. The van der Waals surface area contributed by atoms with Crippen LogP contribution in [0.15, 0.2) is 24.3 Å². The summed E-state index contributed by atoms with van der Waals surface area (Å²) in [6, 6.07) is 0.505. The van der Waals surface area contributed by atoms with Gasteiger partial charge in [-0.3, -0.25) is 0 Å². The van der Waals surface area contributed by atoms with Crippen LogP contribution in [0, 0.1) is 29.1 Å². The molecule has 0 aliphatic rings. The van der Waals surface area contributed by atoms with Crippen molar-refractivity contribution in [3.63, 3.8) is 0 Å². The Morgan fingerprint density at radius 2 is 1.20 bits per heavy atom. The highest BCUT2D eigenvalue weighted by atomic mass is 19.3. The minimum atomic E-state index is -4.75. The largest absolute Gasteiger partial charge is 0.707 e. The molecular weight excluding hydrogens is 364 g/mol. The van der Waals surface area contributed by atoms with E-state index < -0.39 is 59.6 Å². The lowest BCUT2D eigenvalue weighted by Crippen LogP contribution is -2.26. The van der Waals surface area contributed by atoms with Gasteiger partial charge in [-0.25, -0.2) is 22.0 Å². The predicted molar refractivity (Wildman–Crippen MR) is 68.0 cm³/mol. The molecule has 0 saturated heterocycles. The van der Waals surface area contributed by atoms with E-state index in [0.717, 1.165) is 0 Å². The van der Waals surface area contributed by atoms with Crippen LogP contribution < -0.4 is 9.39 Å². The highest BCUT2D eigenvalue weighted by molar-refractivity contribution is 6.33. The molecule has 0 heterocycles. The van der Waals surface area contributed by atoms with Crippen molar-refractivity contribution in [2.24, 2.45) is 0 Å². The third-order valence-electron chi connectivity index (χ3n) is 2.75. The molecule has 12 heteroatoms. The van der Waals surface area contributed by atoms with Gasteiger partial charge in [-0.15, -0.1) is 0 Å². The molecule has 0 radical (unpaired) electrons. The normalized spacial score (nSPS) is 11.4. The standard InChI is InChI=1S/C13H6BF7O4/c15-7-3-6(25-14(22)23)4-8(16)11(7)13(20,21)24-5-1-9(17)12(19)10(18)2-5/h1-4,22-23H. The van der Waals surface area contributed by atoms with Crippen molar-refractivity contribution in [1.82, 2.24) is 0 Å². The van der Waals surface area contributed by atoms with Gasteiger partial charge in [0, 0.05) is 24.3 Å². The first-order valence-electron chi connectivity index (χ1n) is 6.25. The summed E-state index contributed by atoms with van der Waals surface area (Å²) in [6.45, 7) is 0. The zero-order chi connectivity index (χ0) is 18.9. The Labute approximate surface area is 135 Å². The second kappa shape index (κ2) is 6.80. The van der Waals surface area contributed by atoms with E-state index >= 15 is 0 Å². The Bertz CT molecular complexity index is 754. The molecule has 0 aliphatic carbocycles. The molecule has 134 valence electrons. The van der Waals surface area contributed by atoms with Crippen molar-refractivity contribution in [1.29, 1.82) is 0 Å². The summed E-state index contributed by atoms with van der Waals surface area (Å²) in [5.74, 6) is -11.5. The molecule has 0 unspecified atom stereocenters. The molecule has 0 bridgehead atoms. The van der Waals surface area contributed by atoms with Crippen LogP contribution in [-0.4, -0.2) is 17.4 Å². The maximum absolute atomic E-state index is 13.9. The Kier molecular flexibility index (Phi) is 5.13. The maximum atomic E-state index is 13.9. The van der Waals surface area contributed by atoms with Crippen molar-refractivity contribution in [3.8, 4) is 11.5 Å². The Balaban J connectivity index is 2.39. The van der Waals surface area contributed by atoms with Gasteiger partial charge in [0.1, 0.15) is 28.7 Å². The van der Waals surface area contributed by atoms with Crippen LogP contribution in [0.25, 0.3) is 0 Å². The van der Waals surface area contributed by atoms with Crippen molar-refractivity contribution in [3.05, 3.63) is 58.9 Å². The van der Waals surface area contributed by atoms with Crippen LogP contribution in [0.3, 0.4) is 0 Å². The molecule has 0 atom stereocenters. The van der Waals surface area contributed by atoms with Gasteiger partial charge in [0.05, 0.1) is 0 Å². The van der Waals surface area contributed by atoms with Crippen LogP contribution >= 0.6 is 0 Å². The summed E-state index contributed by atoms with van der Waals surface area (Å²) in [6.07, 6.45) is -4.75. The maximum Gasteiger partial charge on any atom is 0.707 e. The number of halogens is 7. The van der Waals surface area contributed by atoms with E-state index in [1.165, 1.54) is 0 Å². The molecule has 0 aromatic heterocycles. The smallest absolute Gasteiger partial charge is 0.512 e. The fraction of sp³-hybridized carbons (Fsp3) is 0.0769. The zero-order valence-corrected chi connectivity index (χ0v) is 11.7. The van der Waals surface area contributed by atoms with Gasteiger partial charge in [0.2, 0.25) is 0 Å². The van der Waals surface area contributed by atoms with Crippen LogP contribution in [0.4, 0.5) is 30.7 Å². The number of hydrogen-bond donors (Lipinski definition) is 2. The van der Waals surface area contributed by atoms with Gasteiger partial charge >= 0.3 is 13.4 Å². The highest BCUT2D eigenvalue weighted by Gasteiger charge is 2.41. The van der Waals surface area contributed by atoms with Crippen LogP contribution in [0.5, 0.6) is 11.5 Å². The van der Waals surface area contributed by atoms with Gasteiger partial charge in [-0.05, 0) is 0 Å². The molecule has 0 amide bonds. The van der Waals surface area contributed by atoms with Gasteiger partial charge in [-0.2, -0.15) is 8.78 Å². The molecule has 2 aromatic carbocycles. The lowest BCUT2D eigenvalue weighted by molar-refractivity contribution is -0.189. The molecule has 2 aromatic rings. The fourth-order valence-corrected chi connectivity index (χ4v) is 1.81. The zero-order valence-electron chi connectivity index (χ0n) is 11.7. The second-order valence-corrected chi connectivity index (χ2v) is 4.53. The minimum Gasteiger partial charge on any atom is -0.512 e. The minimum absolute atomic E-state index is 0.0573. The van der Waals surface area contributed by atoms with E-state index in [9.17, 15) is 30.7 Å². The second-order valence-electron chi connectivity index (χ2n) is 4.53. The van der Waals surface area contributed by atoms with Crippen LogP contribution in [-0.2, 0) is 6.11 Å². The monoisotopic (exact) mass is 370 g/mol. The molecule has 0 saturated carbocycles. The van der Waals surface area contributed by atoms with Gasteiger partial charge in [0.25, 0.3) is 0 Å². The van der Waals surface area contributed by atoms with Crippen LogP contribution in [0.2, 0.25) is 0 Å². The van der Waals surface area contributed by atoms with Gasteiger partial charge < -0.3 is 19.4 Å².